The molecule has 1 aromatic carbocycles. The molecule has 0 aromatic heterocycles. The molecule has 0 radical (unpaired) electrons. The highest BCUT2D eigenvalue weighted by Gasteiger charge is 2.29. The van der Waals surface area contributed by atoms with Gasteiger partial charge >= 0.3 is 0 Å². The number of benzene rings is 1. The van der Waals surface area contributed by atoms with Gasteiger partial charge in [-0.3, -0.25) is 0 Å². The van der Waals surface area contributed by atoms with Crippen molar-refractivity contribution in [2.45, 2.75) is 11.3 Å². The SMILES string of the molecule is COc1ccc(NC(=S)NCCCN(C)C)cc1S(=O)(=O)N1CCOCC1. The van der Waals surface area contributed by atoms with Crippen LogP contribution in [-0.4, -0.2) is 83.3 Å². The van der Waals surface area contributed by atoms with Crippen molar-refractivity contribution in [2.75, 3.05) is 65.9 Å². The average Bonchev–Trinajstić information content (AvgIpc) is 2.65. The first kappa shape index (κ1) is 21.8. The van der Waals surface area contributed by atoms with E-state index in [1.165, 1.54) is 11.4 Å². The molecule has 1 aliphatic rings. The Bertz CT molecular complexity index is 734. The normalized spacial score (nSPS) is 15.6. The number of morpholine rings is 1. The number of methoxy groups -OCH3 is 1. The van der Waals surface area contributed by atoms with Crippen molar-refractivity contribution < 1.29 is 17.9 Å². The standard InChI is InChI=1S/C17H28N4O4S2/c1-20(2)8-4-7-18-17(26)19-14-5-6-15(24-3)16(13-14)27(22,23)21-9-11-25-12-10-21/h5-6,13H,4,7-12H2,1-3H3,(H2,18,19,26). The number of thiocarbonyl (C=S) groups is 1. The van der Waals surface area contributed by atoms with Gasteiger partial charge in [-0.05, 0) is 57.5 Å². The first-order valence-electron chi connectivity index (χ1n) is 8.80. The summed E-state index contributed by atoms with van der Waals surface area (Å²) in [6.45, 7) is 3.13. The molecule has 10 heteroatoms. The lowest BCUT2D eigenvalue weighted by Gasteiger charge is -2.27. The molecule has 2 N–H and O–H groups in total. The largest absolute Gasteiger partial charge is 0.495 e. The van der Waals surface area contributed by atoms with Crippen LogP contribution in [0.15, 0.2) is 23.1 Å². The number of nitrogens with zero attached hydrogens (tertiary/aromatic N) is 2. The zero-order valence-corrected chi connectivity index (χ0v) is 17.7. The summed E-state index contributed by atoms with van der Waals surface area (Å²) in [5.41, 5.74) is 0.591. The van der Waals surface area contributed by atoms with Crippen molar-refractivity contribution in [1.29, 1.82) is 0 Å². The molecule has 0 saturated carbocycles. The molecule has 1 saturated heterocycles. The van der Waals surface area contributed by atoms with Gasteiger partial charge in [0.2, 0.25) is 10.0 Å². The summed E-state index contributed by atoms with van der Waals surface area (Å²) >= 11 is 5.29. The van der Waals surface area contributed by atoms with Crippen LogP contribution in [0.3, 0.4) is 0 Å². The van der Waals surface area contributed by atoms with Gasteiger partial charge in [0.25, 0.3) is 0 Å². The Morgan fingerprint density at radius 1 is 1.33 bits per heavy atom. The molecule has 0 aliphatic carbocycles. The lowest BCUT2D eigenvalue weighted by Crippen LogP contribution is -2.40. The van der Waals surface area contributed by atoms with Crippen molar-refractivity contribution in [3.05, 3.63) is 18.2 Å². The maximum Gasteiger partial charge on any atom is 0.246 e. The predicted molar refractivity (Wildman–Crippen MR) is 110 cm³/mol. The Morgan fingerprint density at radius 2 is 2.04 bits per heavy atom. The minimum Gasteiger partial charge on any atom is -0.495 e. The molecular weight excluding hydrogens is 388 g/mol. The fraction of sp³-hybridized carbons (Fsp3) is 0.588. The second kappa shape index (κ2) is 10.2. The molecule has 0 unspecified atom stereocenters. The summed E-state index contributed by atoms with van der Waals surface area (Å²) in [6, 6.07) is 4.92. The fourth-order valence-electron chi connectivity index (χ4n) is 2.65. The van der Waals surface area contributed by atoms with Crippen LogP contribution in [0.2, 0.25) is 0 Å². The van der Waals surface area contributed by atoms with Crippen molar-refractivity contribution in [1.82, 2.24) is 14.5 Å². The van der Waals surface area contributed by atoms with Gasteiger partial charge in [-0.2, -0.15) is 4.31 Å². The summed E-state index contributed by atoms with van der Waals surface area (Å²) < 4.78 is 37.9. The molecule has 0 bridgehead atoms. The molecular formula is C17H28N4O4S2. The molecule has 2 rings (SSSR count). The van der Waals surface area contributed by atoms with Crippen LogP contribution in [0.5, 0.6) is 5.75 Å². The van der Waals surface area contributed by atoms with Crippen LogP contribution in [0.1, 0.15) is 6.42 Å². The van der Waals surface area contributed by atoms with Gasteiger partial charge in [-0.15, -0.1) is 0 Å². The Labute approximate surface area is 166 Å². The number of hydrogen-bond donors (Lipinski definition) is 2. The van der Waals surface area contributed by atoms with Gasteiger partial charge in [-0.25, -0.2) is 8.42 Å². The molecule has 0 amide bonds. The quantitative estimate of drug-likeness (QED) is 0.479. The molecule has 8 nitrogen and oxygen atoms in total. The van der Waals surface area contributed by atoms with Crippen molar-refractivity contribution >= 4 is 33.0 Å². The van der Waals surface area contributed by atoms with E-state index in [-0.39, 0.29) is 4.90 Å². The second-order valence-electron chi connectivity index (χ2n) is 6.42. The van der Waals surface area contributed by atoms with Crippen LogP contribution in [0.25, 0.3) is 0 Å². The zero-order chi connectivity index (χ0) is 19.9. The average molecular weight is 417 g/mol. The van der Waals surface area contributed by atoms with E-state index in [1.807, 2.05) is 14.1 Å². The van der Waals surface area contributed by atoms with E-state index in [1.54, 1.807) is 18.2 Å². The molecule has 0 spiro atoms. The number of nitrogens with one attached hydrogen (secondary N) is 2. The summed E-state index contributed by atoms with van der Waals surface area (Å²) in [7, 11) is 1.82. The number of ether oxygens (including phenoxy) is 2. The maximum atomic E-state index is 13.0. The van der Waals surface area contributed by atoms with Gasteiger partial charge in [-0.1, -0.05) is 0 Å². The molecule has 152 valence electrons. The highest BCUT2D eigenvalue weighted by molar-refractivity contribution is 7.89. The smallest absolute Gasteiger partial charge is 0.246 e. The first-order chi connectivity index (χ1) is 12.8. The van der Waals surface area contributed by atoms with E-state index in [9.17, 15) is 8.42 Å². The first-order valence-corrected chi connectivity index (χ1v) is 10.6. The third-order valence-electron chi connectivity index (χ3n) is 4.08. The van der Waals surface area contributed by atoms with Gasteiger partial charge in [0.15, 0.2) is 5.11 Å². The molecule has 1 fully saturated rings. The molecule has 1 aliphatic heterocycles. The molecule has 27 heavy (non-hydrogen) atoms. The highest BCUT2D eigenvalue weighted by atomic mass is 32.2. The predicted octanol–water partition coefficient (Wildman–Crippen LogP) is 0.954. The second-order valence-corrected chi connectivity index (χ2v) is 8.73. The van der Waals surface area contributed by atoms with Gasteiger partial charge < -0.3 is 25.0 Å². The Kier molecular flexibility index (Phi) is 8.24. The van der Waals surface area contributed by atoms with Crippen LogP contribution in [-0.2, 0) is 14.8 Å². The summed E-state index contributed by atoms with van der Waals surface area (Å²) in [6.07, 6.45) is 0.952. The Hall–Kier alpha value is -1.46. The van der Waals surface area contributed by atoms with E-state index in [0.29, 0.717) is 42.9 Å². The van der Waals surface area contributed by atoms with Crippen LogP contribution in [0.4, 0.5) is 5.69 Å². The number of anilines is 1. The summed E-state index contributed by atoms with van der Waals surface area (Å²) in [5.74, 6) is 0.303. The van der Waals surface area contributed by atoms with Crippen LogP contribution in [0, 0.1) is 0 Å². The van der Waals surface area contributed by atoms with Gasteiger partial charge in [0.05, 0.1) is 20.3 Å². The maximum absolute atomic E-state index is 13.0. The minimum atomic E-state index is -3.67. The van der Waals surface area contributed by atoms with E-state index in [0.717, 1.165) is 19.5 Å². The highest BCUT2D eigenvalue weighted by Crippen LogP contribution is 2.30. The van der Waals surface area contributed by atoms with Crippen molar-refractivity contribution in [2.24, 2.45) is 0 Å². The fourth-order valence-corrected chi connectivity index (χ4v) is 4.46. The molecule has 1 heterocycles. The third-order valence-corrected chi connectivity index (χ3v) is 6.24. The minimum absolute atomic E-state index is 0.118. The van der Waals surface area contributed by atoms with Crippen LogP contribution >= 0.6 is 12.2 Å². The van der Waals surface area contributed by atoms with E-state index >= 15 is 0 Å². The number of sulfonamides is 1. The Balaban J connectivity index is 2.09. The van der Waals surface area contributed by atoms with Gasteiger partial charge in [0, 0.05) is 25.3 Å². The van der Waals surface area contributed by atoms with E-state index in [4.69, 9.17) is 21.7 Å². The lowest BCUT2D eigenvalue weighted by molar-refractivity contribution is 0.0729. The third kappa shape index (κ3) is 6.28. The van der Waals surface area contributed by atoms with Crippen LogP contribution < -0.4 is 15.4 Å². The number of rotatable bonds is 8. The Morgan fingerprint density at radius 3 is 2.67 bits per heavy atom. The molecule has 0 atom stereocenters. The van der Waals surface area contributed by atoms with Crippen molar-refractivity contribution in [3.8, 4) is 5.75 Å². The van der Waals surface area contributed by atoms with Crippen molar-refractivity contribution in [3.63, 3.8) is 0 Å². The van der Waals surface area contributed by atoms with E-state index in [2.05, 4.69) is 15.5 Å². The summed E-state index contributed by atoms with van der Waals surface area (Å²) in [5, 5.41) is 6.62. The zero-order valence-electron chi connectivity index (χ0n) is 16.0. The lowest BCUT2D eigenvalue weighted by atomic mass is 10.3. The van der Waals surface area contributed by atoms with Gasteiger partial charge in [0.1, 0.15) is 10.6 Å². The topological polar surface area (TPSA) is 83.1 Å². The monoisotopic (exact) mass is 416 g/mol. The number of hydrogen-bond acceptors (Lipinski definition) is 6. The van der Waals surface area contributed by atoms with E-state index < -0.39 is 10.0 Å². The summed E-state index contributed by atoms with van der Waals surface area (Å²) in [4.78, 5) is 2.22. The molecule has 1 aromatic rings.